The maximum Gasteiger partial charge on any atom is 0.280 e. The highest BCUT2D eigenvalue weighted by Gasteiger charge is 2.29. The van der Waals surface area contributed by atoms with Crippen LogP contribution in [-0.4, -0.2) is 18.7 Å². The van der Waals surface area contributed by atoms with Crippen LogP contribution in [0.3, 0.4) is 0 Å². The molecule has 7 heteroatoms. The summed E-state index contributed by atoms with van der Waals surface area (Å²) in [6, 6.07) is 10.6. The number of nitrogens with zero attached hydrogens (tertiary/aromatic N) is 2. The third-order valence-electron chi connectivity index (χ3n) is 3.67. The monoisotopic (exact) mass is 438 g/mol. The van der Waals surface area contributed by atoms with Crippen LogP contribution in [0.5, 0.6) is 5.75 Å². The molecule has 0 atom stereocenters. The Bertz CT molecular complexity index is 908. The summed E-state index contributed by atoms with van der Waals surface area (Å²) in [5, 5.41) is 6.57. The number of hydrogen-bond acceptors (Lipinski definition) is 3. The molecule has 0 spiro atoms. The van der Waals surface area contributed by atoms with Crippen LogP contribution >= 0.6 is 39.1 Å². The van der Waals surface area contributed by atoms with E-state index in [2.05, 4.69) is 21.0 Å². The molecule has 2 aromatic rings. The largest absolute Gasteiger partial charge is 0.495 e. The van der Waals surface area contributed by atoms with Crippen molar-refractivity contribution in [3.63, 3.8) is 0 Å². The zero-order valence-corrected chi connectivity index (χ0v) is 16.5. The zero-order chi connectivity index (χ0) is 18.1. The predicted octanol–water partition coefficient (Wildman–Crippen LogP) is 5.57. The Kier molecular flexibility index (Phi) is 5.18. The molecule has 0 saturated heterocycles. The Morgan fingerprint density at radius 3 is 2.52 bits per heavy atom. The van der Waals surface area contributed by atoms with E-state index in [-0.39, 0.29) is 5.91 Å². The van der Waals surface area contributed by atoms with Crippen molar-refractivity contribution < 1.29 is 9.53 Å². The number of carbonyl (C=O) groups excluding carboxylic acids is 1. The third-order valence-corrected chi connectivity index (χ3v) is 4.70. The third kappa shape index (κ3) is 3.59. The summed E-state index contributed by atoms with van der Waals surface area (Å²) < 4.78 is 6.26. The average Bonchev–Trinajstić information content (AvgIpc) is 2.83. The molecular weight excluding hydrogens is 427 g/mol. The van der Waals surface area contributed by atoms with E-state index in [1.165, 1.54) is 12.1 Å². The lowest BCUT2D eigenvalue weighted by molar-refractivity contribution is -0.114. The molecular formula is C18H13BrCl2N2O2. The van der Waals surface area contributed by atoms with Gasteiger partial charge in [-0.05, 0) is 49.4 Å². The second kappa shape index (κ2) is 7.20. The fourth-order valence-corrected chi connectivity index (χ4v) is 3.35. The molecule has 128 valence electrons. The van der Waals surface area contributed by atoms with Gasteiger partial charge >= 0.3 is 0 Å². The van der Waals surface area contributed by atoms with Crippen molar-refractivity contribution in [2.75, 3.05) is 12.1 Å². The molecule has 1 aliphatic rings. The first-order chi connectivity index (χ1) is 11.9. The number of anilines is 1. The van der Waals surface area contributed by atoms with E-state index in [4.69, 9.17) is 27.9 Å². The van der Waals surface area contributed by atoms with Gasteiger partial charge in [0.05, 0.1) is 29.1 Å². The minimum absolute atomic E-state index is 0.224. The second-order valence-corrected chi connectivity index (χ2v) is 7.11. The van der Waals surface area contributed by atoms with Crippen LogP contribution in [0, 0.1) is 0 Å². The van der Waals surface area contributed by atoms with Gasteiger partial charge in [-0.2, -0.15) is 10.1 Å². The van der Waals surface area contributed by atoms with E-state index in [9.17, 15) is 4.79 Å². The Morgan fingerprint density at radius 2 is 1.88 bits per heavy atom. The molecule has 0 aromatic heterocycles. The van der Waals surface area contributed by atoms with Gasteiger partial charge in [0.2, 0.25) is 0 Å². The second-order valence-electron chi connectivity index (χ2n) is 5.35. The molecule has 2 aromatic carbocycles. The molecule has 0 unspecified atom stereocenters. The molecule has 0 saturated carbocycles. The van der Waals surface area contributed by atoms with Gasteiger partial charge in [-0.15, -0.1) is 0 Å². The van der Waals surface area contributed by atoms with Crippen LogP contribution in [0.4, 0.5) is 5.69 Å². The van der Waals surface area contributed by atoms with Crippen LogP contribution in [0.15, 0.2) is 51.5 Å². The number of amides is 1. The molecule has 1 amide bonds. The van der Waals surface area contributed by atoms with E-state index < -0.39 is 0 Å². The van der Waals surface area contributed by atoms with Crippen LogP contribution in [-0.2, 0) is 4.79 Å². The number of ether oxygens (including phenoxy) is 1. The molecule has 4 nitrogen and oxygen atoms in total. The Morgan fingerprint density at radius 1 is 1.20 bits per heavy atom. The summed E-state index contributed by atoms with van der Waals surface area (Å²) >= 11 is 15.6. The Labute approximate surface area is 163 Å². The van der Waals surface area contributed by atoms with E-state index in [0.717, 1.165) is 4.47 Å². The summed E-state index contributed by atoms with van der Waals surface area (Å²) in [7, 11) is 1.52. The van der Waals surface area contributed by atoms with Crippen LogP contribution < -0.4 is 9.75 Å². The summed E-state index contributed by atoms with van der Waals surface area (Å²) in [6.45, 7) is 1.78. The van der Waals surface area contributed by atoms with Crippen LogP contribution in [0.2, 0.25) is 10.0 Å². The Hall–Kier alpha value is -1.82. The minimum Gasteiger partial charge on any atom is -0.495 e. The standard InChI is InChI=1S/C18H13BrCl2N2O2/c1-10-15(8-11-7-13(20)9-16(21)17(11)25-2)18(24)23(22-10)14-5-3-12(19)4-6-14/h3-9H,1-2H3. The van der Waals surface area contributed by atoms with Gasteiger partial charge in [0.15, 0.2) is 0 Å². The maximum absolute atomic E-state index is 12.8. The van der Waals surface area contributed by atoms with Gasteiger partial charge in [0, 0.05) is 15.1 Å². The molecule has 1 aliphatic heterocycles. The van der Waals surface area contributed by atoms with Gasteiger partial charge in [-0.3, -0.25) is 4.79 Å². The van der Waals surface area contributed by atoms with Crippen molar-refractivity contribution in [3.05, 3.63) is 62.1 Å². The van der Waals surface area contributed by atoms with Crippen LogP contribution in [0.1, 0.15) is 12.5 Å². The SMILES string of the molecule is COc1c(Cl)cc(Cl)cc1C=C1C(=O)N(c2ccc(Br)cc2)N=C1C. The van der Waals surface area contributed by atoms with E-state index in [1.54, 1.807) is 25.1 Å². The molecule has 25 heavy (non-hydrogen) atoms. The molecule has 0 aliphatic carbocycles. The van der Waals surface area contributed by atoms with Crippen molar-refractivity contribution in [1.29, 1.82) is 0 Å². The first-order valence-electron chi connectivity index (χ1n) is 7.31. The molecule has 0 N–H and O–H groups in total. The lowest BCUT2D eigenvalue weighted by atomic mass is 10.1. The highest BCUT2D eigenvalue weighted by molar-refractivity contribution is 9.10. The topological polar surface area (TPSA) is 41.9 Å². The maximum atomic E-state index is 12.8. The normalized spacial score (nSPS) is 15.7. The van der Waals surface area contributed by atoms with Gasteiger partial charge < -0.3 is 4.74 Å². The van der Waals surface area contributed by atoms with Crippen molar-refractivity contribution in [3.8, 4) is 5.75 Å². The number of hydrogen-bond donors (Lipinski definition) is 0. The lowest BCUT2D eigenvalue weighted by Crippen LogP contribution is -2.21. The van der Waals surface area contributed by atoms with Gasteiger partial charge in [0.25, 0.3) is 5.91 Å². The van der Waals surface area contributed by atoms with Crippen molar-refractivity contribution >= 4 is 62.5 Å². The molecule has 0 bridgehead atoms. The van der Waals surface area contributed by atoms with Gasteiger partial charge in [-0.1, -0.05) is 39.1 Å². The number of rotatable bonds is 3. The van der Waals surface area contributed by atoms with E-state index in [0.29, 0.717) is 38.3 Å². The first kappa shape index (κ1) is 18.0. The molecule has 0 radical (unpaired) electrons. The average molecular weight is 440 g/mol. The van der Waals surface area contributed by atoms with Crippen LogP contribution in [0.25, 0.3) is 6.08 Å². The predicted molar refractivity (Wildman–Crippen MR) is 106 cm³/mol. The number of halogens is 3. The highest BCUT2D eigenvalue weighted by atomic mass is 79.9. The van der Waals surface area contributed by atoms with Gasteiger partial charge in [-0.25, -0.2) is 0 Å². The summed E-state index contributed by atoms with van der Waals surface area (Å²) in [6.07, 6.45) is 1.69. The minimum atomic E-state index is -0.224. The first-order valence-corrected chi connectivity index (χ1v) is 8.86. The number of benzene rings is 2. The highest BCUT2D eigenvalue weighted by Crippen LogP contribution is 2.35. The van der Waals surface area contributed by atoms with E-state index in [1.807, 2.05) is 24.3 Å². The summed E-state index contributed by atoms with van der Waals surface area (Å²) in [5.41, 5.74) is 2.37. The molecule has 1 heterocycles. The molecule has 0 fully saturated rings. The smallest absolute Gasteiger partial charge is 0.280 e. The lowest BCUT2D eigenvalue weighted by Gasteiger charge is -2.12. The number of methoxy groups -OCH3 is 1. The van der Waals surface area contributed by atoms with Crippen molar-refractivity contribution in [2.24, 2.45) is 5.10 Å². The summed E-state index contributed by atoms with van der Waals surface area (Å²) in [5.74, 6) is 0.235. The van der Waals surface area contributed by atoms with Crippen molar-refractivity contribution in [1.82, 2.24) is 0 Å². The van der Waals surface area contributed by atoms with E-state index >= 15 is 0 Å². The zero-order valence-electron chi connectivity index (χ0n) is 13.4. The summed E-state index contributed by atoms with van der Waals surface area (Å²) in [4.78, 5) is 12.8. The number of carbonyl (C=O) groups is 1. The Balaban J connectivity index is 2.02. The van der Waals surface area contributed by atoms with Gasteiger partial charge in [0.1, 0.15) is 5.75 Å². The molecule has 3 rings (SSSR count). The fraction of sp³-hybridized carbons (Fsp3) is 0.111. The number of hydrazone groups is 1. The fourth-order valence-electron chi connectivity index (χ4n) is 2.50. The quantitative estimate of drug-likeness (QED) is 0.586. The van der Waals surface area contributed by atoms with Crippen molar-refractivity contribution in [2.45, 2.75) is 6.92 Å².